The summed E-state index contributed by atoms with van der Waals surface area (Å²) < 4.78 is 5.28. The maximum Gasteiger partial charge on any atom is 0.341 e. The highest BCUT2D eigenvalue weighted by Crippen LogP contribution is 2.38. The van der Waals surface area contributed by atoms with Gasteiger partial charge in [0.2, 0.25) is 0 Å². The summed E-state index contributed by atoms with van der Waals surface area (Å²) in [5.74, 6) is -0.410. The van der Waals surface area contributed by atoms with Crippen LogP contribution in [0.15, 0.2) is 23.6 Å². The number of ether oxygens (including phenoxy) is 1. The number of anilines is 1. The van der Waals surface area contributed by atoms with Crippen LogP contribution in [0.25, 0.3) is 11.1 Å². The van der Waals surface area contributed by atoms with E-state index in [1.807, 2.05) is 31.4 Å². The van der Waals surface area contributed by atoms with Crippen molar-refractivity contribution >= 4 is 28.3 Å². The molecule has 0 radical (unpaired) electrons. The molecule has 2 N–H and O–H groups in total. The molecule has 1 heterocycles. The van der Waals surface area contributed by atoms with Crippen LogP contribution in [-0.4, -0.2) is 24.6 Å². The molecule has 0 aliphatic heterocycles. The summed E-state index contributed by atoms with van der Waals surface area (Å²) in [4.78, 5) is 25.2. The number of carbonyl (C=O) groups excluding carboxylic acids is 2. The summed E-state index contributed by atoms with van der Waals surface area (Å²) in [6, 6.07) is 6.08. The monoisotopic (exact) mass is 400 g/mol. The predicted molar refractivity (Wildman–Crippen MR) is 114 cm³/mol. The van der Waals surface area contributed by atoms with Crippen molar-refractivity contribution in [2.24, 2.45) is 0 Å². The van der Waals surface area contributed by atoms with Gasteiger partial charge in [-0.1, -0.05) is 43.0 Å². The van der Waals surface area contributed by atoms with Crippen molar-refractivity contribution in [1.29, 1.82) is 0 Å². The van der Waals surface area contributed by atoms with Crippen molar-refractivity contribution in [2.75, 3.05) is 11.9 Å². The van der Waals surface area contributed by atoms with E-state index in [0.29, 0.717) is 10.6 Å². The summed E-state index contributed by atoms with van der Waals surface area (Å²) in [7, 11) is 0. The van der Waals surface area contributed by atoms with Gasteiger partial charge in [-0.2, -0.15) is 0 Å². The van der Waals surface area contributed by atoms with Gasteiger partial charge >= 0.3 is 12.0 Å². The molecule has 3 rings (SSSR count). The third-order valence-corrected chi connectivity index (χ3v) is 6.01. The van der Waals surface area contributed by atoms with Crippen LogP contribution in [0.1, 0.15) is 60.5 Å². The minimum Gasteiger partial charge on any atom is -0.462 e. The van der Waals surface area contributed by atoms with Crippen LogP contribution in [0, 0.1) is 13.8 Å². The van der Waals surface area contributed by atoms with Crippen LogP contribution in [-0.2, 0) is 4.74 Å². The summed E-state index contributed by atoms with van der Waals surface area (Å²) in [6.07, 6.45) is 5.55. The third-order valence-electron chi connectivity index (χ3n) is 5.11. The number of aryl methyl sites for hydroxylation is 2. The van der Waals surface area contributed by atoms with Crippen molar-refractivity contribution < 1.29 is 14.3 Å². The number of thiophene rings is 1. The molecule has 0 atom stereocenters. The van der Waals surface area contributed by atoms with Crippen LogP contribution in [0.2, 0.25) is 0 Å². The Labute approximate surface area is 170 Å². The van der Waals surface area contributed by atoms with Crippen LogP contribution in [0.3, 0.4) is 0 Å². The Hall–Kier alpha value is -2.34. The number of amides is 2. The normalized spacial score (nSPS) is 14.5. The zero-order chi connectivity index (χ0) is 20.1. The van der Waals surface area contributed by atoms with Gasteiger partial charge in [-0.15, -0.1) is 11.3 Å². The molecule has 1 fully saturated rings. The molecule has 2 aromatic rings. The smallest absolute Gasteiger partial charge is 0.341 e. The number of hydrogen-bond donors (Lipinski definition) is 2. The average molecular weight is 401 g/mol. The number of carbonyl (C=O) groups is 2. The van der Waals surface area contributed by atoms with Gasteiger partial charge in [0.05, 0.1) is 6.61 Å². The first-order valence-corrected chi connectivity index (χ1v) is 10.8. The van der Waals surface area contributed by atoms with Crippen LogP contribution in [0.5, 0.6) is 0 Å². The molecule has 1 saturated carbocycles. The molecular weight excluding hydrogens is 372 g/mol. The number of urea groups is 1. The first kappa shape index (κ1) is 20.4. The lowest BCUT2D eigenvalue weighted by Gasteiger charge is -2.22. The van der Waals surface area contributed by atoms with Crippen LogP contribution in [0.4, 0.5) is 9.80 Å². The zero-order valence-corrected chi connectivity index (χ0v) is 17.6. The summed E-state index contributed by atoms with van der Waals surface area (Å²) in [6.45, 7) is 6.13. The number of esters is 1. The van der Waals surface area contributed by atoms with E-state index in [0.717, 1.165) is 42.4 Å². The molecule has 0 spiro atoms. The highest BCUT2D eigenvalue weighted by molar-refractivity contribution is 7.15. The van der Waals surface area contributed by atoms with Gasteiger partial charge in [0, 0.05) is 17.0 Å². The molecule has 1 aliphatic carbocycles. The van der Waals surface area contributed by atoms with Crippen molar-refractivity contribution in [3.63, 3.8) is 0 Å². The van der Waals surface area contributed by atoms with E-state index in [-0.39, 0.29) is 18.7 Å². The number of hydrogen-bond acceptors (Lipinski definition) is 4. The van der Waals surface area contributed by atoms with Gasteiger partial charge in [-0.25, -0.2) is 9.59 Å². The van der Waals surface area contributed by atoms with E-state index in [4.69, 9.17) is 4.74 Å². The molecule has 1 aliphatic rings. The largest absolute Gasteiger partial charge is 0.462 e. The van der Waals surface area contributed by atoms with Crippen LogP contribution < -0.4 is 10.6 Å². The number of benzene rings is 1. The first-order chi connectivity index (χ1) is 13.5. The quantitative estimate of drug-likeness (QED) is 0.636. The third kappa shape index (κ3) is 4.73. The molecular formula is C22H28N2O3S. The summed E-state index contributed by atoms with van der Waals surface area (Å²) >= 11 is 1.36. The molecule has 1 aromatic carbocycles. The van der Waals surface area contributed by atoms with Gasteiger partial charge in [-0.3, -0.25) is 5.32 Å². The molecule has 5 nitrogen and oxygen atoms in total. The molecule has 2 amide bonds. The molecule has 0 bridgehead atoms. The van der Waals surface area contributed by atoms with Crippen molar-refractivity contribution in [3.8, 4) is 11.1 Å². The molecule has 0 unspecified atom stereocenters. The first-order valence-electron chi connectivity index (χ1n) is 9.93. The molecule has 28 heavy (non-hydrogen) atoms. The second-order valence-corrected chi connectivity index (χ2v) is 8.21. The van der Waals surface area contributed by atoms with E-state index in [9.17, 15) is 9.59 Å². The Morgan fingerprint density at radius 3 is 2.57 bits per heavy atom. The second-order valence-electron chi connectivity index (χ2n) is 7.33. The SMILES string of the molecule is CCOC(=O)c1c(-c2ccc(C)cc2C)csc1NC(=O)NC1CCCCC1. The average Bonchev–Trinajstić information content (AvgIpc) is 3.06. The van der Waals surface area contributed by atoms with Crippen LogP contribution >= 0.6 is 11.3 Å². The van der Waals surface area contributed by atoms with Gasteiger partial charge in [0.15, 0.2) is 0 Å². The summed E-state index contributed by atoms with van der Waals surface area (Å²) in [5.41, 5.74) is 4.46. The van der Waals surface area contributed by atoms with Crippen molar-refractivity contribution in [1.82, 2.24) is 5.32 Å². The lowest BCUT2D eigenvalue weighted by atomic mass is 9.96. The number of rotatable bonds is 5. The predicted octanol–water partition coefficient (Wildman–Crippen LogP) is 5.66. The topological polar surface area (TPSA) is 67.4 Å². The zero-order valence-electron chi connectivity index (χ0n) is 16.8. The fourth-order valence-corrected chi connectivity index (χ4v) is 4.68. The Morgan fingerprint density at radius 2 is 1.89 bits per heavy atom. The molecule has 150 valence electrons. The van der Waals surface area contributed by atoms with E-state index in [1.54, 1.807) is 6.92 Å². The maximum atomic E-state index is 12.7. The highest BCUT2D eigenvalue weighted by atomic mass is 32.1. The minimum atomic E-state index is -0.410. The van der Waals surface area contributed by atoms with Crippen molar-refractivity contribution in [3.05, 3.63) is 40.3 Å². The second kappa shape index (κ2) is 9.24. The lowest BCUT2D eigenvalue weighted by molar-refractivity contribution is 0.0529. The Kier molecular flexibility index (Phi) is 6.73. The fraction of sp³-hybridized carbons (Fsp3) is 0.455. The summed E-state index contributed by atoms with van der Waals surface area (Å²) in [5, 5.41) is 8.37. The number of nitrogens with one attached hydrogen (secondary N) is 2. The standard InChI is InChI=1S/C22H28N2O3S/c1-4-27-21(25)19-18(17-11-10-14(2)12-15(17)3)13-28-20(19)24-22(26)23-16-8-6-5-7-9-16/h10-13,16H,4-9H2,1-3H3,(H2,23,24,26). The lowest BCUT2D eigenvalue weighted by Crippen LogP contribution is -2.39. The van der Waals surface area contributed by atoms with E-state index in [1.165, 1.54) is 23.3 Å². The molecule has 1 aromatic heterocycles. The Bertz CT molecular complexity index is 853. The Balaban J connectivity index is 1.87. The van der Waals surface area contributed by atoms with E-state index < -0.39 is 5.97 Å². The van der Waals surface area contributed by atoms with Crippen molar-refractivity contribution in [2.45, 2.75) is 58.9 Å². The highest BCUT2D eigenvalue weighted by Gasteiger charge is 2.24. The van der Waals surface area contributed by atoms with E-state index in [2.05, 4.69) is 16.7 Å². The fourth-order valence-electron chi connectivity index (χ4n) is 3.74. The Morgan fingerprint density at radius 1 is 1.14 bits per heavy atom. The van der Waals surface area contributed by atoms with Gasteiger partial charge in [0.1, 0.15) is 10.6 Å². The van der Waals surface area contributed by atoms with Gasteiger partial charge in [0.25, 0.3) is 0 Å². The van der Waals surface area contributed by atoms with Gasteiger partial charge < -0.3 is 10.1 Å². The minimum absolute atomic E-state index is 0.207. The van der Waals surface area contributed by atoms with Gasteiger partial charge in [-0.05, 0) is 44.7 Å². The molecule has 6 heteroatoms. The van der Waals surface area contributed by atoms with E-state index >= 15 is 0 Å². The molecule has 0 saturated heterocycles. The maximum absolute atomic E-state index is 12.7.